The maximum atomic E-state index is 13.1. The van der Waals surface area contributed by atoms with Gasteiger partial charge in [-0.2, -0.15) is 0 Å². The number of hydrogen-bond donors (Lipinski definition) is 1. The largest absolute Gasteiger partial charge is 0.494 e. The van der Waals surface area contributed by atoms with Gasteiger partial charge in [0.2, 0.25) is 11.8 Å². The molecular weight excluding hydrogens is 454 g/mol. The molecule has 4 amide bonds. The lowest BCUT2D eigenvalue weighted by Crippen LogP contribution is -2.54. The summed E-state index contributed by atoms with van der Waals surface area (Å²) in [6, 6.07) is 6.44. The number of ether oxygens (including phenoxy) is 1. The lowest BCUT2D eigenvalue weighted by molar-refractivity contribution is -0.385. The van der Waals surface area contributed by atoms with E-state index in [0.29, 0.717) is 5.01 Å². The second kappa shape index (κ2) is 9.32. The van der Waals surface area contributed by atoms with Crippen molar-refractivity contribution in [1.29, 1.82) is 0 Å². The molecule has 1 atom stereocenters. The molecule has 176 valence electrons. The predicted molar refractivity (Wildman–Crippen MR) is 114 cm³/mol. The molecular formula is C20H17N5O9. The SMILES string of the molecule is COc1cc([N+](=O)[O-])ccc1N1C(=O)CC(N(NC(=O)c2ccc([N+](=O)[O-])cc2)C(C)=O)C1=O. The average Bonchev–Trinajstić information content (AvgIpc) is 3.09. The van der Waals surface area contributed by atoms with Crippen LogP contribution in [-0.2, 0) is 14.4 Å². The maximum Gasteiger partial charge on any atom is 0.273 e. The summed E-state index contributed by atoms with van der Waals surface area (Å²) >= 11 is 0. The minimum absolute atomic E-state index is 0.0254. The number of anilines is 1. The molecule has 0 spiro atoms. The van der Waals surface area contributed by atoms with Gasteiger partial charge in [-0.3, -0.25) is 44.8 Å². The third-order valence-corrected chi connectivity index (χ3v) is 4.95. The first-order chi connectivity index (χ1) is 16.0. The second-order valence-electron chi connectivity index (χ2n) is 7.03. The van der Waals surface area contributed by atoms with Crippen LogP contribution in [0.25, 0.3) is 0 Å². The summed E-state index contributed by atoms with van der Waals surface area (Å²) in [6.45, 7) is 1.07. The van der Waals surface area contributed by atoms with Crippen molar-refractivity contribution in [2.75, 3.05) is 12.0 Å². The molecule has 14 nitrogen and oxygen atoms in total. The molecule has 0 saturated carbocycles. The van der Waals surface area contributed by atoms with Gasteiger partial charge in [-0.25, -0.2) is 9.91 Å². The number of nitro groups is 2. The first-order valence-electron chi connectivity index (χ1n) is 9.59. The molecule has 1 saturated heterocycles. The number of methoxy groups -OCH3 is 1. The van der Waals surface area contributed by atoms with E-state index in [1.807, 2.05) is 0 Å². The number of non-ortho nitro benzene ring substituents is 2. The number of hydrogen-bond acceptors (Lipinski definition) is 9. The van der Waals surface area contributed by atoms with Crippen molar-refractivity contribution in [2.24, 2.45) is 0 Å². The number of amides is 4. The zero-order valence-corrected chi connectivity index (χ0v) is 17.8. The Morgan fingerprint density at radius 2 is 1.65 bits per heavy atom. The molecule has 1 aliphatic rings. The van der Waals surface area contributed by atoms with Crippen LogP contribution in [0, 0.1) is 20.2 Å². The normalized spacial score (nSPS) is 15.1. The standard InChI is InChI=1S/C20H17N5O9/c1-11(26)23(21-19(28)12-3-5-13(6-4-12)24(30)31)16-10-18(27)22(20(16)29)15-8-7-14(25(32)33)9-17(15)34-2/h3-9,16H,10H2,1-2H3,(H,21,28). The summed E-state index contributed by atoms with van der Waals surface area (Å²) in [7, 11) is 1.21. The first kappa shape index (κ1) is 23.8. The van der Waals surface area contributed by atoms with E-state index in [4.69, 9.17) is 4.74 Å². The average molecular weight is 471 g/mol. The van der Waals surface area contributed by atoms with Crippen LogP contribution in [0.5, 0.6) is 5.75 Å². The quantitative estimate of drug-likeness (QED) is 0.369. The van der Waals surface area contributed by atoms with Crippen molar-refractivity contribution in [3.63, 3.8) is 0 Å². The van der Waals surface area contributed by atoms with Crippen molar-refractivity contribution in [3.05, 3.63) is 68.3 Å². The number of benzene rings is 2. The fraction of sp³-hybridized carbons (Fsp3) is 0.200. The monoisotopic (exact) mass is 471 g/mol. The fourth-order valence-electron chi connectivity index (χ4n) is 3.32. The van der Waals surface area contributed by atoms with E-state index in [1.54, 1.807) is 0 Å². The van der Waals surface area contributed by atoms with Gasteiger partial charge in [-0.1, -0.05) is 0 Å². The summed E-state index contributed by atoms with van der Waals surface area (Å²) in [5.74, 6) is -3.29. The number of nitrogens with zero attached hydrogens (tertiary/aromatic N) is 4. The molecule has 0 aliphatic carbocycles. The Bertz CT molecular complexity index is 1210. The predicted octanol–water partition coefficient (Wildman–Crippen LogP) is 1.34. The smallest absolute Gasteiger partial charge is 0.273 e. The van der Waals surface area contributed by atoms with E-state index in [0.717, 1.165) is 36.1 Å². The summed E-state index contributed by atoms with van der Waals surface area (Å²) in [4.78, 5) is 71.7. The number of rotatable bonds is 6. The highest BCUT2D eigenvalue weighted by atomic mass is 16.6. The summed E-state index contributed by atoms with van der Waals surface area (Å²) in [5.41, 5.74) is 1.60. The van der Waals surface area contributed by atoms with Crippen LogP contribution in [0.4, 0.5) is 17.1 Å². The van der Waals surface area contributed by atoms with E-state index in [9.17, 15) is 39.4 Å². The minimum Gasteiger partial charge on any atom is -0.494 e. The zero-order valence-electron chi connectivity index (χ0n) is 17.8. The van der Waals surface area contributed by atoms with Gasteiger partial charge in [-0.15, -0.1) is 0 Å². The third kappa shape index (κ3) is 4.50. The highest BCUT2D eigenvalue weighted by Gasteiger charge is 2.45. The van der Waals surface area contributed by atoms with Gasteiger partial charge in [0.15, 0.2) is 0 Å². The van der Waals surface area contributed by atoms with Gasteiger partial charge in [0.25, 0.3) is 23.2 Å². The van der Waals surface area contributed by atoms with Gasteiger partial charge >= 0.3 is 0 Å². The van der Waals surface area contributed by atoms with E-state index in [1.165, 1.54) is 25.3 Å². The molecule has 0 aromatic heterocycles. The Balaban J connectivity index is 1.87. The summed E-state index contributed by atoms with van der Waals surface area (Å²) < 4.78 is 5.09. The van der Waals surface area contributed by atoms with Crippen LogP contribution < -0.4 is 15.1 Å². The molecule has 1 heterocycles. The Labute approximate surface area is 191 Å². The molecule has 2 aromatic rings. The minimum atomic E-state index is -1.40. The van der Waals surface area contributed by atoms with Crippen LogP contribution in [-0.4, -0.2) is 51.6 Å². The molecule has 1 fully saturated rings. The summed E-state index contributed by atoms with van der Waals surface area (Å²) in [5, 5.41) is 22.5. The highest BCUT2D eigenvalue weighted by Crippen LogP contribution is 2.35. The van der Waals surface area contributed by atoms with Crippen LogP contribution >= 0.6 is 0 Å². The molecule has 0 bridgehead atoms. The molecule has 2 aromatic carbocycles. The van der Waals surface area contributed by atoms with Crippen molar-refractivity contribution >= 4 is 40.7 Å². The van der Waals surface area contributed by atoms with E-state index >= 15 is 0 Å². The number of hydrazine groups is 1. The highest BCUT2D eigenvalue weighted by molar-refractivity contribution is 6.23. The first-order valence-corrected chi connectivity index (χ1v) is 9.59. The molecule has 0 radical (unpaired) electrons. The topological polar surface area (TPSA) is 182 Å². The van der Waals surface area contributed by atoms with Gasteiger partial charge in [-0.05, 0) is 18.2 Å². The van der Waals surface area contributed by atoms with Crippen LogP contribution in [0.1, 0.15) is 23.7 Å². The van der Waals surface area contributed by atoms with Gasteiger partial charge in [0.05, 0.1) is 35.1 Å². The van der Waals surface area contributed by atoms with Crippen molar-refractivity contribution in [2.45, 2.75) is 19.4 Å². The van der Waals surface area contributed by atoms with Crippen molar-refractivity contribution in [3.8, 4) is 5.75 Å². The van der Waals surface area contributed by atoms with Gasteiger partial charge in [0, 0.05) is 30.7 Å². The zero-order chi connectivity index (χ0) is 25.2. The Morgan fingerprint density at radius 1 is 1.06 bits per heavy atom. The fourth-order valence-corrected chi connectivity index (χ4v) is 3.32. The van der Waals surface area contributed by atoms with Crippen molar-refractivity contribution < 1.29 is 33.8 Å². The van der Waals surface area contributed by atoms with Gasteiger partial charge < -0.3 is 4.74 Å². The third-order valence-electron chi connectivity index (χ3n) is 4.95. The van der Waals surface area contributed by atoms with Gasteiger partial charge in [0.1, 0.15) is 11.8 Å². The molecule has 3 rings (SSSR count). The lowest BCUT2D eigenvalue weighted by Gasteiger charge is -2.26. The summed E-state index contributed by atoms with van der Waals surface area (Å²) in [6.07, 6.45) is -0.473. The molecule has 34 heavy (non-hydrogen) atoms. The number of imide groups is 1. The molecule has 1 N–H and O–H groups in total. The second-order valence-corrected chi connectivity index (χ2v) is 7.03. The number of carbonyl (C=O) groups is 4. The van der Waals surface area contributed by atoms with E-state index in [2.05, 4.69) is 5.43 Å². The Morgan fingerprint density at radius 3 is 2.18 bits per heavy atom. The Kier molecular flexibility index (Phi) is 6.51. The van der Waals surface area contributed by atoms with Crippen molar-refractivity contribution in [1.82, 2.24) is 10.4 Å². The van der Waals surface area contributed by atoms with E-state index in [-0.39, 0.29) is 28.4 Å². The van der Waals surface area contributed by atoms with Crippen LogP contribution in [0.3, 0.4) is 0 Å². The van der Waals surface area contributed by atoms with Crippen LogP contribution in [0.15, 0.2) is 42.5 Å². The number of carbonyl (C=O) groups excluding carboxylic acids is 4. The number of nitrogens with one attached hydrogen (secondary N) is 1. The van der Waals surface area contributed by atoms with E-state index < -0.39 is 45.9 Å². The Hall–Kier alpha value is -4.88. The molecule has 1 unspecified atom stereocenters. The number of nitro benzene ring substituents is 2. The molecule has 1 aliphatic heterocycles. The maximum absolute atomic E-state index is 13.1. The molecule has 14 heteroatoms. The lowest BCUT2D eigenvalue weighted by atomic mass is 10.2. The van der Waals surface area contributed by atoms with Crippen LogP contribution in [0.2, 0.25) is 0 Å².